The van der Waals surface area contributed by atoms with E-state index in [0.717, 1.165) is 5.69 Å². The summed E-state index contributed by atoms with van der Waals surface area (Å²) >= 11 is 0. The van der Waals surface area contributed by atoms with Crippen LogP contribution in [0.3, 0.4) is 0 Å². The van der Waals surface area contributed by atoms with E-state index >= 15 is 0 Å². The molecule has 0 aromatic heterocycles. The molecule has 104 valence electrons. The summed E-state index contributed by atoms with van der Waals surface area (Å²) in [5.74, 6) is 2.09. The normalized spacial score (nSPS) is 10.8. The first-order valence-corrected chi connectivity index (χ1v) is 6.14. The summed E-state index contributed by atoms with van der Waals surface area (Å²) in [5.41, 5.74) is 0.876. The Balaban J connectivity index is 2.83. The van der Waals surface area contributed by atoms with Crippen LogP contribution in [0.1, 0.15) is 6.92 Å². The Labute approximate surface area is 114 Å². The van der Waals surface area contributed by atoms with Gasteiger partial charge in [-0.25, -0.2) is 0 Å². The Hall–Kier alpha value is -2.17. The second-order valence-corrected chi connectivity index (χ2v) is 3.67. The summed E-state index contributed by atoms with van der Waals surface area (Å²) in [6.07, 6.45) is 1.77. The molecular formula is C14H21N3O2. The Morgan fingerprint density at radius 1 is 1.42 bits per heavy atom. The zero-order valence-corrected chi connectivity index (χ0v) is 11.7. The molecule has 0 aliphatic heterocycles. The fourth-order valence-corrected chi connectivity index (χ4v) is 1.51. The fourth-order valence-electron chi connectivity index (χ4n) is 1.51. The van der Waals surface area contributed by atoms with E-state index < -0.39 is 0 Å². The maximum absolute atomic E-state index is 5.52. The number of aliphatic imine (C=N–C) groups is 1. The summed E-state index contributed by atoms with van der Waals surface area (Å²) in [5, 5.41) is 6.27. The van der Waals surface area contributed by atoms with Gasteiger partial charge < -0.3 is 20.1 Å². The highest BCUT2D eigenvalue weighted by atomic mass is 16.5. The number of nitrogens with zero attached hydrogens (tertiary/aromatic N) is 1. The quantitative estimate of drug-likeness (QED) is 0.469. The smallest absolute Gasteiger partial charge is 0.195 e. The van der Waals surface area contributed by atoms with Crippen molar-refractivity contribution in [3.8, 4) is 11.5 Å². The van der Waals surface area contributed by atoms with Gasteiger partial charge in [0, 0.05) is 25.3 Å². The summed E-state index contributed by atoms with van der Waals surface area (Å²) in [7, 11) is 3.33. The van der Waals surface area contributed by atoms with E-state index in [9.17, 15) is 0 Å². The van der Waals surface area contributed by atoms with Crippen molar-refractivity contribution in [2.75, 3.05) is 32.6 Å². The van der Waals surface area contributed by atoms with Crippen LogP contribution in [-0.2, 0) is 0 Å². The molecule has 1 rings (SSSR count). The molecule has 0 bridgehead atoms. The van der Waals surface area contributed by atoms with Crippen LogP contribution in [0.25, 0.3) is 0 Å². The van der Waals surface area contributed by atoms with Crippen molar-refractivity contribution in [3.63, 3.8) is 0 Å². The molecule has 2 N–H and O–H groups in total. The number of hydrogen-bond donors (Lipinski definition) is 2. The van der Waals surface area contributed by atoms with E-state index in [2.05, 4.69) is 22.2 Å². The second kappa shape index (κ2) is 8.02. The molecule has 1 aromatic rings. The molecule has 0 fully saturated rings. The largest absolute Gasteiger partial charge is 0.493 e. The number of hydrogen-bond acceptors (Lipinski definition) is 3. The maximum atomic E-state index is 5.52. The number of benzene rings is 1. The maximum Gasteiger partial charge on any atom is 0.195 e. The number of rotatable bonds is 6. The van der Waals surface area contributed by atoms with Crippen molar-refractivity contribution in [1.29, 1.82) is 0 Å². The highest BCUT2D eigenvalue weighted by Crippen LogP contribution is 2.30. The van der Waals surface area contributed by atoms with Gasteiger partial charge in [0.25, 0.3) is 0 Å². The first-order valence-electron chi connectivity index (χ1n) is 6.14. The second-order valence-electron chi connectivity index (χ2n) is 3.67. The van der Waals surface area contributed by atoms with Gasteiger partial charge in [0.05, 0.1) is 13.7 Å². The van der Waals surface area contributed by atoms with Crippen molar-refractivity contribution in [3.05, 3.63) is 30.9 Å². The predicted octanol–water partition coefficient (Wildman–Crippen LogP) is 2.27. The van der Waals surface area contributed by atoms with E-state index in [0.29, 0.717) is 30.6 Å². The van der Waals surface area contributed by atoms with Gasteiger partial charge in [0.2, 0.25) is 0 Å². The van der Waals surface area contributed by atoms with Gasteiger partial charge in [-0.3, -0.25) is 4.99 Å². The highest BCUT2D eigenvalue weighted by molar-refractivity contribution is 5.93. The number of methoxy groups -OCH3 is 1. The minimum atomic E-state index is 0.587. The van der Waals surface area contributed by atoms with E-state index in [1.54, 1.807) is 20.2 Å². The van der Waals surface area contributed by atoms with Crippen LogP contribution < -0.4 is 20.1 Å². The van der Waals surface area contributed by atoms with Crippen molar-refractivity contribution < 1.29 is 9.47 Å². The third kappa shape index (κ3) is 4.54. The standard InChI is InChI=1S/C14H21N3O2/c1-5-9-16-14(15-3)17-11-7-8-12(18-4)13(10-11)19-6-2/h5,7-8,10H,1,6,9H2,2-4H3,(H2,15,16,17). The molecule has 19 heavy (non-hydrogen) atoms. The van der Waals surface area contributed by atoms with Crippen LogP contribution >= 0.6 is 0 Å². The van der Waals surface area contributed by atoms with Crippen LogP contribution in [-0.4, -0.2) is 33.3 Å². The van der Waals surface area contributed by atoms with Gasteiger partial charge in [-0.05, 0) is 19.1 Å². The zero-order valence-electron chi connectivity index (χ0n) is 11.7. The average Bonchev–Trinajstić information content (AvgIpc) is 2.44. The molecule has 1 aromatic carbocycles. The lowest BCUT2D eigenvalue weighted by Crippen LogP contribution is -2.30. The zero-order chi connectivity index (χ0) is 14.1. The monoisotopic (exact) mass is 263 g/mol. The van der Waals surface area contributed by atoms with Crippen molar-refractivity contribution in [1.82, 2.24) is 5.32 Å². The molecule has 0 amide bonds. The van der Waals surface area contributed by atoms with Gasteiger partial charge in [0.15, 0.2) is 17.5 Å². The molecule has 0 atom stereocenters. The van der Waals surface area contributed by atoms with E-state index in [4.69, 9.17) is 9.47 Å². The van der Waals surface area contributed by atoms with Gasteiger partial charge in [-0.1, -0.05) is 6.08 Å². The molecule has 5 heteroatoms. The topological polar surface area (TPSA) is 54.9 Å². The first kappa shape index (κ1) is 14.9. The average molecular weight is 263 g/mol. The summed E-state index contributed by atoms with van der Waals surface area (Å²) in [6.45, 7) is 6.82. The van der Waals surface area contributed by atoms with Crippen LogP contribution in [0.5, 0.6) is 11.5 Å². The lowest BCUT2D eigenvalue weighted by atomic mass is 10.2. The lowest BCUT2D eigenvalue weighted by molar-refractivity contribution is 0.311. The SMILES string of the molecule is C=CCNC(=NC)Nc1ccc(OC)c(OCC)c1. The lowest BCUT2D eigenvalue weighted by Gasteiger charge is -2.14. The molecule has 0 heterocycles. The number of nitrogens with one attached hydrogen (secondary N) is 2. The van der Waals surface area contributed by atoms with E-state index in [-0.39, 0.29) is 0 Å². The Kier molecular flexibility index (Phi) is 6.29. The van der Waals surface area contributed by atoms with Crippen molar-refractivity contribution in [2.45, 2.75) is 6.92 Å². The fraction of sp³-hybridized carbons (Fsp3) is 0.357. The number of guanidine groups is 1. The minimum absolute atomic E-state index is 0.587. The Bertz CT molecular complexity index is 444. The predicted molar refractivity (Wildman–Crippen MR) is 79.3 cm³/mol. The summed E-state index contributed by atoms with van der Waals surface area (Å²) in [6, 6.07) is 5.64. The molecular weight excluding hydrogens is 242 g/mol. The minimum Gasteiger partial charge on any atom is -0.493 e. The molecule has 0 aliphatic carbocycles. The summed E-state index contributed by atoms with van der Waals surface area (Å²) in [4.78, 5) is 4.11. The molecule has 0 aliphatic rings. The van der Waals surface area contributed by atoms with Crippen molar-refractivity contribution >= 4 is 11.6 Å². The van der Waals surface area contributed by atoms with Gasteiger partial charge in [-0.2, -0.15) is 0 Å². The Morgan fingerprint density at radius 2 is 2.21 bits per heavy atom. The third-order valence-electron chi connectivity index (χ3n) is 2.36. The van der Waals surface area contributed by atoms with Gasteiger partial charge >= 0.3 is 0 Å². The van der Waals surface area contributed by atoms with Crippen LogP contribution in [0.15, 0.2) is 35.8 Å². The number of ether oxygens (including phenoxy) is 2. The van der Waals surface area contributed by atoms with Gasteiger partial charge in [0.1, 0.15) is 0 Å². The van der Waals surface area contributed by atoms with Crippen LogP contribution in [0.2, 0.25) is 0 Å². The van der Waals surface area contributed by atoms with E-state index in [1.165, 1.54) is 0 Å². The highest BCUT2D eigenvalue weighted by Gasteiger charge is 2.06. The van der Waals surface area contributed by atoms with Crippen molar-refractivity contribution in [2.24, 2.45) is 4.99 Å². The molecule has 0 unspecified atom stereocenters. The molecule has 0 saturated heterocycles. The first-order chi connectivity index (χ1) is 9.24. The Morgan fingerprint density at radius 3 is 2.79 bits per heavy atom. The third-order valence-corrected chi connectivity index (χ3v) is 2.36. The number of anilines is 1. The van der Waals surface area contributed by atoms with E-state index in [1.807, 2.05) is 25.1 Å². The molecule has 0 saturated carbocycles. The molecule has 5 nitrogen and oxygen atoms in total. The summed E-state index contributed by atoms with van der Waals surface area (Å²) < 4.78 is 10.8. The molecule has 0 spiro atoms. The van der Waals surface area contributed by atoms with Gasteiger partial charge in [-0.15, -0.1) is 6.58 Å². The van der Waals surface area contributed by atoms with Crippen LogP contribution in [0, 0.1) is 0 Å². The van der Waals surface area contributed by atoms with Crippen LogP contribution in [0.4, 0.5) is 5.69 Å². The molecule has 0 radical (unpaired) electrons.